The van der Waals surface area contributed by atoms with E-state index in [4.69, 9.17) is 19.8 Å². The van der Waals surface area contributed by atoms with Gasteiger partial charge in [0.15, 0.2) is 6.29 Å². The molecule has 8 heteroatoms. The fraction of sp³-hybridized carbons (Fsp3) is 0.667. The fourth-order valence-electron chi connectivity index (χ4n) is 1.68. The lowest BCUT2D eigenvalue weighted by Gasteiger charge is -2.18. The van der Waals surface area contributed by atoms with Crippen LogP contribution >= 0.6 is 0 Å². The summed E-state index contributed by atoms with van der Waals surface area (Å²) in [6, 6.07) is 0.678. The Hall–Kier alpha value is -2.11. The van der Waals surface area contributed by atoms with Gasteiger partial charge in [0.1, 0.15) is 17.7 Å². The molecule has 0 saturated carbocycles. The van der Waals surface area contributed by atoms with Gasteiger partial charge in [-0.2, -0.15) is 5.26 Å². The van der Waals surface area contributed by atoms with Crippen molar-refractivity contribution >= 4 is 11.9 Å². The lowest BCUT2D eigenvalue weighted by Crippen LogP contribution is -2.45. The van der Waals surface area contributed by atoms with Crippen LogP contribution in [0, 0.1) is 17.2 Å². The molecule has 0 aromatic rings. The molecule has 0 aromatic carbocycles. The monoisotopic (exact) mass is 327 g/mol. The number of nitriles is 1. The maximum atomic E-state index is 12.0. The van der Waals surface area contributed by atoms with Gasteiger partial charge in [-0.15, -0.1) is 0 Å². The van der Waals surface area contributed by atoms with Crippen molar-refractivity contribution in [1.82, 2.24) is 10.6 Å². The molecule has 0 radical (unpaired) electrons. The van der Waals surface area contributed by atoms with Crippen LogP contribution in [-0.4, -0.2) is 49.1 Å². The maximum absolute atomic E-state index is 12.0. The van der Waals surface area contributed by atoms with Crippen molar-refractivity contribution in [3.05, 3.63) is 11.8 Å². The molecule has 1 amide bonds. The van der Waals surface area contributed by atoms with Crippen LogP contribution in [0.15, 0.2) is 11.8 Å². The molecule has 0 rings (SSSR count). The predicted octanol–water partition coefficient (Wildman–Crippen LogP) is 0.608. The summed E-state index contributed by atoms with van der Waals surface area (Å²) in [5.41, 5.74) is -0.219. The van der Waals surface area contributed by atoms with Crippen LogP contribution in [0.25, 0.3) is 0 Å². The largest absolute Gasteiger partial charge is 0.480 e. The van der Waals surface area contributed by atoms with Crippen molar-refractivity contribution in [2.24, 2.45) is 5.92 Å². The van der Waals surface area contributed by atoms with Crippen LogP contribution in [0.4, 0.5) is 0 Å². The summed E-state index contributed by atoms with van der Waals surface area (Å²) in [5.74, 6) is -2.19. The van der Waals surface area contributed by atoms with Gasteiger partial charge < -0.3 is 25.2 Å². The number of nitrogens with one attached hydrogen (secondary N) is 2. The lowest BCUT2D eigenvalue weighted by atomic mass is 10.0. The van der Waals surface area contributed by atoms with Crippen molar-refractivity contribution in [1.29, 1.82) is 5.26 Å². The van der Waals surface area contributed by atoms with Crippen LogP contribution in [0.2, 0.25) is 0 Å². The number of hydrogen-bond donors (Lipinski definition) is 3. The van der Waals surface area contributed by atoms with Gasteiger partial charge in [-0.1, -0.05) is 13.8 Å². The highest BCUT2D eigenvalue weighted by Crippen LogP contribution is 2.03. The highest BCUT2D eigenvalue weighted by atomic mass is 16.7. The third-order valence-corrected chi connectivity index (χ3v) is 2.82. The van der Waals surface area contributed by atoms with Crippen molar-refractivity contribution in [3.8, 4) is 6.07 Å². The Morgan fingerprint density at radius 3 is 2.22 bits per heavy atom. The maximum Gasteiger partial charge on any atom is 0.326 e. The number of rotatable bonds is 11. The standard InChI is InChI=1S/C15H25N3O5/c1-5-22-12(23-6-2)9-17-8-11(7-16)14(19)18-13(10(3)4)15(20)21/h8,10,12-13,17H,5-6,9H2,1-4H3,(H,18,19)(H,20,21)/b11-8-. The van der Waals surface area contributed by atoms with Gasteiger partial charge in [0.2, 0.25) is 0 Å². The van der Waals surface area contributed by atoms with E-state index >= 15 is 0 Å². The molecule has 0 aliphatic rings. The minimum Gasteiger partial charge on any atom is -0.480 e. The number of amides is 1. The fourth-order valence-corrected chi connectivity index (χ4v) is 1.68. The van der Waals surface area contributed by atoms with E-state index in [2.05, 4.69) is 10.6 Å². The molecule has 0 aromatic heterocycles. The molecule has 0 fully saturated rings. The second-order valence-corrected chi connectivity index (χ2v) is 4.95. The number of carboxylic acids is 1. The SMILES string of the molecule is CCOC(CN/C=C(/C#N)C(=O)NC(C(=O)O)C(C)C)OCC. The van der Waals surface area contributed by atoms with E-state index in [-0.39, 0.29) is 18.0 Å². The number of carbonyl (C=O) groups excluding carboxylic acids is 1. The van der Waals surface area contributed by atoms with Crippen LogP contribution < -0.4 is 10.6 Å². The molecule has 8 nitrogen and oxygen atoms in total. The highest BCUT2D eigenvalue weighted by Gasteiger charge is 2.24. The van der Waals surface area contributed by atoms with Gasteiger partial charge in [-0.3, -0.25) is 4.79 Å². The molecule has 0 heterocycles. The van der Waals surface area contributed by atoms with E-state index in [0.29, 0.717) is 13.2 Å². The number of carboxylic acid groups (broad SMARTS) is 1. The number of ether oxygens (including phenoxy) is 2. The average Bonchev–Trinajstić information content (AvgIpc) is 2.48. The zero-order chi connectivity index (χ0) is 17.8. The van der Waals surface area contributed by atoms with E-state index in [1.807, 2.05) is 13.8 Å². The summed E-state index contributed by atoms with van der Waals surface area (Å²) in [6.07, 6.45) is 0.728. The normalized spacial score (nSPS) is 12.8. The number of aliphatic carboxylic acids is 1. The first-order valence-corrected chi connectivity index (χ1v) is 7.47. The molecule has 3 N–H and O–H groups in total. The molecule has 130 valence electrons. The summed E-state index contributed by atoms with van der Waals surface area (Å²) in [6.45, 7) is 8.19. The molecular formula is C15H25N3O5. The summed E-state index contributed by atoms with van der Waals surface area (Å²) in [7, 11) is 0. The van der Waals surface area contributed by atoms with Gasteiger partial charge >= 0.3 is 5.97 Å². The number of carbonyl (C=O) groups is 2. The van der Waals surface area contributed by atoms with Gasteiger partial charge in [0, 0.05) is 19.4 Å². The summed E-state index contributed by atoms with van der Waals surface area (Å²) < 4.78 is 10.6. The van der Waals surface area contributed by atoms with E-state index in [0.717, 1.165) is 0 Å². The molecule has 0 saturated heterocycles. The Kier molecular flexibility index (Phi) is 10.4. The first-order valence-electron chi connectivity index (χ1n) is 7.47. The van der Waals surface area contributed by atoms with Crippen molar-refractivity contribution in [2.75, 3.05) is 19.8 Å². The molecule has 0 aliphatic carbocycles. The molecule has 0 bridgehead atoms. The smallest absolute Gasteiger partial charge is 0.326 e. The molecular weight excluding hydrogens is 302 g/mol. The summed E-state index contributed by atoms with van der Waals surface area (Å²) >= 11 is 0. The van der Waals surface area contributed by atoms with Crippen LogP contribution in [-0.2, 0) is 19.1 Å². The highest BCUT2D eigenvalue weighted by molar-refractivity contribution is 5.99. The topological polar surface area (TPSA) is 121 Å². The number of hydrogen-bond acceptors (Lipinski definition) is 6. The molecule has 0 spiro atoms. The van der Waals surface area contributed by atoms with Crippen LogP contribution in [0.1, 0.15) is 27.7 Å². The third-order valence-electron chi connectivity index (χ3n) is 2.82. The Morgan fingerprint density at radius 1 is 1.26 bits per heavy atom. The second-order valence-electron chi connectivity index (χ2n) is 4.95. The zero-order valence-corrected chi connectivity index (χ0v) is 14.0. The minimum atomic E-state index is -1.15. The number of nitrogens with zero attached hydrogens (tertiary/aromatic N) is 1. The summed E-state index contributed by atoms with van der Waals surface area (Å²) in [5, 5.41) is 23.2. The predicted molar refractivity (Wildman–Crippen MR) is 83.1 cm³/mol. The first kappa shape index (κ1) is 20.9. The van der Waals surface area contributed by atoms with Crippen LogP contribution in [0.5, 0.6) is 0 Å². The van der Waals surface area contributed by atoms with Crippen LogP contribution in [0.3, 0.4) is 0 Å². The van der Waals surface area contributed by atoms with Crippen molar-refractivity contribution in [3.63, 3.8) is 0 Å². The zero-order valence-electron chi connectivity index (χ0n) is 14.0. The Labute approximate surface area is 136 Å². The third kappa shape index (κ3) is 8.18. The molecule has 0 aliphatic heterocycles. The van der Waals surface area contributed by atoms with E-state index < -0.39 is 24.2 Å². The minimum absolute atomic E-state index is 0.219. The molecule has 23 heavy (non-hydrogen) atoms. The van der Waals surface area contributed by atoms with Gasteiger partial charge in [-0.25, -0.2) is 4.79 Å². The Bertz CT molecular complexity index is 451. The van der Waals surface area contributed by atoms with Crippen molar-refractivity contribution in [2.45, 2.75) is 40.0 Å². The average molecular weight is 327 g/mol. The first-order chi connectivity index (χ1) is 10.9. The Morgan fingerprint density at radius 2 is 1.83 bits per heavy atom. The summed E-state index contributed by atoms with van der Waals surface area (Å²) in [4.78, 5) is 23.0. The quantitative estimate of drug-likeness (QED) is 0.289. The Balaban J connectivity index is 4.70. The van der Waals surface area contributed by atoms with Gasteiger partial charge in [0.05, 0.1) is 6.54 Å². The van der Waals surface area contributed by atoms with Gasteiger partial charge in [-0.05, 0) is 19.8 Å². The van der Waals surface area contributed by atoms with Crippen molar-refractivity contribution < 1.29 is 24.2 Å². The van der Waals surface area contributed by atoms with E-state index in [1.165, 1.54) is 6.20 Å². The van der Waals surface area contributed by atoms with Gasteiger partial charge in [0.25, 0.3) is 5.91 Å². The molecule has 1 unspecified atom stereocenters. The van der Waals surface area contributed by atoms with E-state index in [9.17, 15) is 9.59 Å². The van der Waals surface area contributed by atoms with E-state index in [1.54, 1.807) is 19.9 Å². The second kappa shape index (κ2) is 11.5. The molecule has 1 atom stereocenters. The lowest BCUT2D eigenvalue weighted by molar-refractivity contribution is -0.142.